The summed E-state index contributed by atoms with van der Waals surface area (Å²) in [4.78, 5) is 19.9. The molecule has 0 bridgehead atoms. The van der Waals surface area contributed by atoms with Gasteiger partial charge >= 0.3 is 35.0 Å². The number of hydrogen-bond acceptors (Lipinski definition) is 3. The lowest BCUT2D eigenvalue weighted by Crippen LogP contribution is -2.30. The Bertz CT molecular complexity index is 149. The molecule has 1 unspecified atom stereocenters. The number of carboxylic acids is 2. The van der Waals surface area contributed by atoms with E-state index in [1.165, 1.54) is 0 Å². The van der Waals surface area contributed by atoms with E-state index in [0.717, 1.165) is 0 Å². The van der Waals surface area contributed by atoms with Crippen LogP contribution in [0.15, 0.2) is 0 Å². The zero-order valence-electron chi connectivity index (χ0n) is 5.28. The molecule has 0 aromatic rings. The SMILES string of the molecule is NC(CCC(=O)O)C(=O)O.[MgH2]. The highest BCUT2D eigenvalue weighted by molar-refractivity contribution is 5.75. The van der Waals surface area contributed by atoms with Crippen molar-refractivity contribution in [3.63, 3.8) is 0 Å². The van der Waals surface area contributed by atoms with E-state index >= 15 is 0 Å². The second-order valence-electron chi connectivity index (χ2n) is 1.88. The van der Waals surface area contributed by atoms with Gasteiger partial charge in [-0.2, -0.15) is 0 Å². The molecule has 0 aliphatic heterocycles. The molecule has 0 amide bonds. The van der Waals surface area contributed by atoms with Crippen molar-refractivity contribution in [3.8, 4) is 0 Å². The Morgan fingerprint density at radius 2 is 1.82 bits per heavy atom. The minimum atomic E-state index is -1.17. The quantitative estimate of drug-likeness (QED) is 0.442. The molecular weight excluding hydrogens is 162 g/mol. The Kier molecular flexibility index (Phi) is 7.70. The van der Waals surface area contributed by atoms with Gasteiger partial charge in [-0.25, -0.2) is 0 Å². The number of rotatable bonds is 4. The van der Waals surface area contributed by atoms with E-state index in [2.05, 4.69) is 0 Å². The van der Waals surface area contributed by atoms with Gasteiger partial charge in [-0.1, -0.05) is 0 Å². The Labute approximate surface area is 79.7 Å². The van der Waals surface area contributed by atoms with Crippen molar-refractivity contribution < 1.29 is 19.8 Å². The third-order valence-electron chi connectivity index (χ3n) is 0.986. The summed E-state index contributed by atoms with van der Waals surface area (Å²) in [5, 5.41) is 16.3. The predicted octanol–water partition coefficient (Wildman–Crippen LogP) is -1.65. The monoisotopic (exact) mass is 173 g/mol. The standard InChI is InChI=1S/C5H9NO4.Mg.2H/c6-3(5(9)10)1-2-4(7)8;;;/h3H,1-2,6H2,(H,7,8)(H,9,10);;;. The molecule has 0 heterocycles. The van der Waals surface area contributed by atoms with Crippen molar-refractivity contribution in [3.05, 3.63) is 0 Å². The molecule has 62 valence electrons. The van der Waals surface area contributed by atoms with Gasteiger partial charge in [0.15, 0.2) is 0 Å². The largest absolute Gasteiger partial charge is 0.481 e. The number of hydrogen-bond donors (Lipinski definition) is 3. The van der Waals surface area contributed by atoms with E-state index in [1.54, 1.807) is 0 Å². The van der Waals surface area contributed by atoms with Crippen LogP contribution in [-0.2, 0) is 9.59 Å². The van der Waals surface area contributed by atoms with Gasteiger partial charge in [-0.3, -0.25) is 9.59 Å². The van der Waals surface area contributed by atoms with E-state index in [-0.39, 0.29) is 35.9 Å². The minimum absolute atomic E-state index is 0. The van der Waals surface area contributed by atoms with Gasteiger partial charge in [0.25, 0.3) is 0 Å². The second-order valence-corrected chi connectivity index (χ2v) is 1.88. The molecule has 6 heteroatoms. The smallest absolute Gasteiger partial charge is 0.320 e. The van der Waals surface area contributed by atoms with E-state index in [9.17, 15) is 9.59 Å². The Morgan fingerprint density at radius 3 is 2.09 bits per heavy atom. The molecule has 0 aliphatic carbocycles. The van der Waals surface area contributed by atoms with Gasteiger partial charge in [0.1, 0.15) is 6.04 Å². The van der Waals surface area contributed by atoms with Crippen LogP contribution in [0.4, 0.5) is 0 Å². The number of aliphatic carboxylic acids is 2. The zero-order chi connectivity index (χ0) is 8.15. The maximum Gasteiger partial charge on any atom is 0.320 e. The first-order valence-corrected chi connectivity index (χ1v) is 2.74. The van der Waals surface area contributed by atoms with Gasteiger partial charge in [-0.05, 0) is 6.42 Å². The molecule has 0 fully saturated rings. The molecule has 1 atom stereocenters. The average Bonchev–Trinajstić information content (AvgIpc) is 1.82. The Balaban J connectivity index is 0. The van der Waals surface area contributed by atoms with Crippen LogP contribution in [0.3, 0.4) is 0 Å². The molecule has 0 aliphatic rings. The van der Waals surface area contributed by atoms with Crippen LogP contribution in [0.25, 0.3) is 0 Å². The van der Waals surface area contributed by atoms with Gasteiger partial charge < -0.3 is 15.9 Å². The van der Waals surface area contributed by atoms with Crippen molar-refractivity contribution >= 4 is 35.0 Å². The van der Waals surface area contributed by atoms with E-state index in [0.29, 0.717) is 0 Å². The predicted molar refractivity (Wildman–Crippen MR) is 41.0 cm³/mol. The van der Waals surface area contributed by atoms with Crippen LogP contribution >= 0.6 is 0 Å². The molecule has 11 heavy (non-hydrogen) atoms. The first-order chi connectivity index (χ1) is 4.54. The van der Waals surface area contributed by atoms with Crippen molar-refractivity contribution in [1.82, 2.24) is 0 Å². The normalized spacial score (nSPS) is 11.4. The summed E-state index contributed by atoms with van der Waals surface area (Å²) < 4.78 is 0. The lowest BCUT2D eigenvalue weighted by Gasteiger charge is -2.01. The summed E-state index contributed by atoms with van der Waals surface area (Å²) in [5.41, 5.74) is 5.00. The van der Waals surface area contributed by atoms with Crippen molar-refractivity contribution in [1.29, 1.82) is 0 Å². The molecule has 0 radical (unpaired) electrons. The van der Waals surface area contributed by atoms with E-state index < -0.39 is 18.0 Å². The molecule has 0 aromatic heterocycles. The van der Waals surface area contributed by atoms with Crippen LogP contribution in [-0.4, -0.2) is 51.2 Å². The van der Waals surface area contributed by atoms with Gasteiger partial charge in [0.05, 0.1) is 0 Å². The summed E-state index contributed by atoms with van der Waals surface area (Å²) in [6, 6.07) is -1.06. The summed E-state index contributed by atoms with van der Waals surface area (Å²) in [6.07, 6.45) is -0.224. The van der Waals surface area contributed by atoms with Gasteiger partial charge in [0, 0.05) is 6.42 Å². The summed E-state index contributed by atoms with van der Waals surface area (Å²) in [7, 11) is 0. The van der Waals surface area contributed by atoms with Crippen LogP contribution in [0.5, 0.6) is 0 Å². The number of nitrogens with two attached hydrogens (primary N) is 1. The van der Waals surface area contributed by atoms with Crippen LogP contribution in [0.1, 0.15) is 12.8 Å². The van der Waals surface area contributed by atoms with Gasteiger partial charge in [-0.15, -0.1) is 0 Å². The molecule has 5 nitrogen and oxygen atoms in total. The average molecular weight is 173 g/mol. The Hall–Kier alpha value is -0.334. The molecule has 0 aromatic carbocycles. The Morgan fingerprint density at radius 1 is 1.36 bits per heavy atom. The lowest BCUT2D eigenvalue weighted by atomic mass is 10.2. The molecule has 0 saturated carbocycles. The van der Waals surface area contributed by atoms with Crippen molar-refractivity contribution in [2.75, 3.05) is 0 Å². The van der Waals surface area contributed by atoms with Crippen LogP contribution in [0, 0.1) is 0 Å². The highest BCUT2D eigenvalue weighted by atomic mass is 24.3. The second kappa shape index (κ2) is 6.38. The number of carbonyl (C=O) groups is 2. The zero-order valence-corrected chi connectivity index (χ0v) is 5.28. The highest BCUT2D eigenvalue weighted by Crippen LogP contribution is 1.93. The molecular formula is C5H11MgNO4. The van der Waals surface area contributed by atoms with Crippen LogP contribution in [0.2, 0.25) is 0 Å². The maximum atomic E-state index is 9.99. The first-order valence-electron chi connectivity index (χ1n) is 2.74. The highest BCUT2D eigenvalue weighted by Gasteiger charge is 2.12. The first kappa shape index (κ1) is 13.3. The summed E-state index contributed by atoms with van der Waals surface area (Å²) in [6.45, 7) is 0. The third kappa shape index (κ3) is 7.56. The molecule has 4 N–H and O–H groups in total. The minimum Gasteiger partial charge on any atom is -0.481 e. The topological polar surface area (TPSA) is 101 Å². The summed E-state index contributed by atoms with van der Waals surface area (Å²) >= 11 is 0. The van der Waals surface area contributed by atoms with E-state index in [4.69, 9.17) is 15.9 Å². The lowest BCUT2D eigenvalue weighted by molar-refractivity contribution is -0.139. The van der Waals surface area contributed by atoms with Crippen molar-refractivity contribution in [2.45, 2.75) is 18.9 Å². The number of carboxylic acid groups (broad SMARTS) is 2. The van der Waals surface area contributed by atoms with Crippen LogP contribution < -0.4 is 5.73 Å². The third-order valence-corrected chi connectivity index (χ3v) is 0.986. The fraction of sp³-hybridized carbons (Fsp3) is 0.600. The fourth-order valence-corrected chi connectivity index (χ4v) is 0.402. The molecule has 0 rings (SSSR count). The molecule has 0 saturated heterocycles. The fourth-order valence-electron chi connectivity index (χ4n) is 0.402. The van der Waals surface area contributed by atoms with Crippen molar-refractivity contribution in [2.24, 2.45) is 5.73 Å². The summed E-state index contributed by atoms with van der Waals surface area (Å²) in [5.74, 6) is -2.20. The van der Waals surface area contributed by atoms with Gasteiger partial charge in [0.2, 0.25) is 0 Å². The maximum absolute atomic E-state index is 9.99. The van der Waals surface area contributed by atoms with E-state index in [1.807, 2.05) is 0 Å². The molecule has 0 spiro atoms.